The minimum absolute atomic E-state index is 0.0110. The number of nitrogens with one attached hydrogen (secondary N) is 1. The van der Waals surface area contributed by atoms with Gasteiger partial charge in [-0.25, -0.2) is 0 Å². The Hall–Kier alpha value is -3.61. The third kappa shape index (κ3) is 4.03. The van der Waals surface area contributed by atoms with E-state index in [0.717, 1.165) is 17.1 Å². The number of benzene rings is 1. The smallest absolute Gasteiger partial charge is 0.255 e. The zero-order valence-electron chi connectivity index (χ0n) is 18.0. The molecule has 0 aliphatic carbocycles. The molecule has 2 amide bonds. The van der Waals surface area contributed by atoms with Gasteiger partial charge in [0.1, 0.15) is 0 Å². The van der Waals surface area contributed by atoms with Crippen molar-refractivity contribution in [3.8, 4) is 5.69 Å². The number of carbonyl (C=O) groups excluding carboxylic acids is 2. The maximum Gasteiger partial charge on any atom is 0.255 e. The summed E-state index contributed by atoms with van der Waals surface area (Å²) < 4.78 is 2.11. The molecule has 1 N–H and O–H groups in total. The lowest BCUT2D eigenvalue weighted by Crippen LogP contribution is -2.50. The first-order chi connectivity index (χ1) is 14.8. The topological polar surface area (TPSA) is 78.4 Å². The minimum Gasteiger partial charge on any atom is -0.335 e. The molecule has 0 unspecified atom stereocenters. The van der Waals surface area contributed by atoms with E-state index in [1.807, 2.05) is 32.0 Å². The molecule has 160 valence electrons. The number of pyridine rings is 1. The summed E-state index contributed by atoms with van der Waals surface area (Å²) in [6.07, 6.45) is 1.43. The van der Waals surface area contributed by atoms with Gasteiger partial charge in [-0.1, -0.05) is 12.1 Å². The van der Waals surface area contributed by atoms with Gasteiger partial charge in [-0.3, -0.25) is 14.4 Å². The van der Waals surface area contributed by atoms with Crippen molar-refractivity contribution in [2.75, 3.05) is 26.2 Å². The van der Waals surface area contributed by atoms with E-state index in [2.05, 4.69) is 28.6 Å². The van der Waals surface area contributed by atoms with Crippen molar-refractivity contribution in [3.63, 3.8) is 0 Å². The van der Waals surface area contributed by atoms with Gasteiger partial charge in [-0.15, -0.1) is 0 Å². The van der Waals surface area contributed by atoms with Crippen LogP contribution < -0.4 is 5.56 Å². The molecule has 0 atom stereocenters. The molecule has 1 aliphatic rings. The summed E-state index contributed by atoms with van der Waals surface area (Å²) in [5, 5.41) is 0. The number of hydrogen-bond donors (Lipinski definition) is 1. The van der Waals surface area contributed by atoms with E-state index in [-0.39, 0.29) is 17.4 Å². The first-order valence-corrected chi connectivity index (χ1v) is 10.4. The van der Waals surface area contributed by atoms with Gasteiger partial charge in [0.25, 0.3) is 11.8 Å². The van der Waals surface area contributed by atoms with Crippen LogP contribution in [0.1, 0.15) is 37.7 Å². The molecule has 31 heavy (non-hydrogen) atoms. The van der Waals surface area contributed by atoms with Crippen LogP contribution >= 0.6 is 0 Å². The summed E-state index contributed by atoms with van der Waals surface area (Å²) in [6.45, 7) is 7.90. The molecule has 2 aromatic heterocycles. The monoisotopic (exact) mass is 418 g/mol. The molecule has 7 heteroatoms. The fourth-order valence-electron chi connectivity index (χ4n) is 4.15. The van der Waals surface area contributed by atoms with Crippen LogP contribution in [0.2, 0.25) is 0 Å². The zero-order valence-corrected chi connectivity index (χ0v) is 18.0. The Bertz CT molecular complexity index is 1180. The molecule has 3 aromatic rings. The maximum absolute atomic E-state index is 13.2. The highest BCUT2D eigenvalue weighted by Crippen LogP contribution is 2.23. The van der Waals surface area contributed by atoms with E-state index in [1.165, 1.54) is 23.9 Å². The van der Waals surface area contributed by atoms with Crippen molar-refractivity contribution in [3.05, 3.63) is 87.1 Å². The number of aromatic amines is 1. The second-order valence-corrected chi connectivity index (χ2v) is 7.99. The van der Waals surface area contributed by atoms with Crippen LogP contribution in [0.3, 0.4) is 0 Å². The molecule has 4 rings (SSSR count). The molecule has 1 saturated heterocycles. The third-order valence-electron chi connectivity index (χ3n) is 5.81. The quantitative estimate of drug-likeness (QED) is 0.710. The number of carbonyl (C=O) groups is 2. The number of rotatable bonds is 3. The predicted molar refractivity (Wildman–Crippen MR) is 119 cm³/mol. The summed E-state index contributed by atoms with van der Waals surface area (Å²) in [6, 6.07) is 13.0. The van der Waals surface area contributed by atoms with Gasteiger partial charge in [-0.05, 0) is 50.6 Å². The lowest BCUT2D eigenvalue weighted by Gasteiger charge is -2.34. The first-order valence-electron chi connectivity index (χ1n) is 10.4. The number of hydrogen-bond acceptors (Lipinski definition) is 3. The van der Waals surface area contributed by atoms with E-state index in [1.54, 1.807) is 9.80 Å². The van der Waals surface area contributed by atoms with Crippen molar-refractivity contribution in [1.29, 1.82) is 0 Å². The number of aryl methyl sites for hydroxylation is 2. The van der Waals surface area contributed by atoms with E-state index < -0.39 is 0 Å². The standard InChI is InChI=1S/C24H26N4O3/c1-16-5-4-6-20(13-16)28-17(2)14-21(18(28)3)24(31)27-11-9-26(10-12-27)23(30)19-7-8-22(29)25-15-19/h4-8,13-15H,9-12H2,1-3H3,(H,25,29). The molecular weight excluding hydrogens is 392 g/mol. The van der Waals surface area contributed by atoms with Gasteiger partial charge in [0.15, 0.2) is 0 Å². The summed E-state index contributed by atoms with van der Waals surface area (Å²) >= 11 is 0. The lowest BCUT2D eigenvalue weighted by molar-refractivity contribution is 0.0535. The van der Waals surface area contributed by atoms with Crippen LogP contribution in [0.15, 0.2) is 53.5 Å². The molecule has 1 aromatic carbocycles. The van der Waals surface area contributed by atoms with Gasteiger partial charge in [0, 0.05) is 55.5 Å². The Morgan fingerprint density at radius 2 is 1.55 bits per heavy atom. The number of amides is 2. The average molecular weight is 418 g/mol. The highest BCUT2D eigenvalue weighted by atomic mass is 16.2. The van der Waals surface area contributed by atoms with E-state index >= 15 is 0 Å². The number of nitrogens with zero attached hydrogens (tertiary/aromatic N) is 3. The van der Waals surface area contributed by atoms with Crippen molar-refractivity contribution in [2.24, 2.45) is 0 Å². The van der Waals surface area contributed by atoms with Crippen LogP contribution in [-0.2, 0) is 0 Å². The molecular formula is C24H26N4O3. The van der Waals surface area contributed by atoms with Gasteiger partial charge in [-0.2, -0.15) is 0 Å². The fourth-order valence-corrected chi connectivity index (χ4v) is 4.15. The molecule has 0 radical (unpaired) electrons. The highest BCUT2D eigenvalue weighted by Gasteiger charge is 2.27. The Kier molecular flexibility index (Phi) is 5.50. The van der Waals surface area contributed by atoms with Crippen molar-refractivity contribution < 1.29 is 9.59 Å². The number of aromatic nitrogens is 2. The Labute approximate surface area is 180 Å². The molecule has 0 bridgehead atoms. The second kappa shape index (κ2) is 8.26. The van der Waals surface area contributed by atoms with Crippen molar-refractivity contribution >= 4 is 11.8 Å². The van der Waals surface area contributed by atoms with E-state index in [4.69, 9.17) is 0 Å². The van der Waals surface area contributed by atoms with Crippen molar-refractivity contribution in [2.45, 2.75) is 20.8 Å². The fraction of sp³-hybridized carbons (Fsp3) is 0.292. The minimum atomic E-state index is -0.241. The molecule has 0 spiro atoms. The first kappa shape index (κ1) is 20.7. The molecule has 7 nitrogen and oxygen atoms in total. The SMILES string of the molecule is Cc1cccc(-n2c(C)cc(C(=O)N3CCN(C(=O)c4ccc(=O)[nH]c4)CC3)c2C)c1. The Morgan fingerprint density at radius 3 is 2.16 bits per heavy atom. The van der Waals surface area contributed by atoms with Gasteiger partial charge in [0.2, 0.25) is 5.56 Å². The predicted octanol–water partition coefficient (Wildman–Crippen LogP) is 2.69. The van der Waals surface area contributed by atoms with Crippen molar-refractivity contribution in [1.82, 2.24) is 19.4 Å². The lowest BCUT2D eigenvalue weighted by atomic mass is 10.1. The summed E-state index contributed by atoms with van der Waals surface area (Å²) in [5.74, 6) is -0.149. The molecule has 0 saturated carbocycles. The second-order valence-electron chi connectivity index (χ2n) is 7.99. The number of H-pyrrole nitrogens is 1. The van der Waals surface area contributed by atoms with Crippen LogP contribution in [0.4, 0.5) is 0 Å². The molecule has 1 fully saturated rings. The van der Waals surface area contributed by atoms with Crippen LogP contribution in [0.5, 0.6) is 0 Å². The van der Waals surface area contributed by atoms with E-state index in [9.17, 15) is 14.4 Å². The van der Waals surface area contributed by atoms with Crippen LogP contribution in [0.25, 0.3) is 5.69 Å². The summed E-state index contributed by atoms with van der Waals surface area (Å²) in [7, 11) is 0. The zero-order chi connectivity index (χ0) is 22.1. The highest BCUT2D eigenvalue weighted by molar-refractivity contribution is 5.97. The van der Waals surface area contributed by atoms with E-state index in [0.29, 0.717) is 37.3 Å². The van der Waals surface area contributed by atoms with Gasteiger partial charge >= 0.3 is 0 Å². The van der Waals surface area contributed by atoms with Crippen LogP contribution in [0, 0.1) is 20.8 Å². The summed E-state index contributed by atoms with van der Waals surface area (Å²) in [4.78, 5) is 43.1. The normalized spacial score (nSPS) is 14.0. The number of piperazine rings is 1. The largest absolute Gasteiger partial charge is 0.335 e. The van der Waals surface area contributed by atoms with Gasteiger partial charge in [0.05, 0.1) is 11.1 Å². The summed E-state index contributed by atoms with van der Waals surface area (Å²) in [5.41, 5.74) is 5.04. The average Bonchev–Trinajstić information content (AvgIpc) is 3.07. The third-order valence-corrected chi connectivity index (χ3v) is 5.81. The molecule has 3 heterocycles. The molecule has 1 aliphatic heterocycles. The van der Waals surface area contributed by atoms with Crippen LogP contribution in [-0.4, -0.2) is 57.3 Å². The maximum atomic E-state index is 13.2. The Morgan fingerprint density at radius 1 is 0.871 bits per heavy atom. The van der Waals surface area contributed by atoms with Gasteiger partial charge < -0.3 is 19.4 Å². The Balaban J connectivity index is 1.48.